The number of halogens is 6. The third-order valence-corrected chi connectivity index (χ3v) is 2.28. The van der Waals surface area contributed by atoms with Gasteiger partial charge in [-0.1, -0.05) is 15.9 Å². The van der Waals surface area contributed by atoms with Crippen molar-refractivity contribution in [2.24, 2.45) is 0 Å². The van der Waals surface area contributed by atoms with E-state index in [1.807, 2.05) is 0 Å². The zero-order valence-electron chi connectivity index (χ0n) is 7.52. The third-order valence-electron chi connectivity index (χ3n) is 1.75. The lowest BCUT2D eigenvalue weighted by molar-refractivity contribution is -0.138. The van der Waals surface area contributed by atoms with Gasteiger partial charge in [-0.3, -0.25) is 0 Å². The van der Waals surface area contributed by atoms with E-state index in [-0.39, 0.29) is 11.4 Å². The molecule has 0 aliphatic rings. The summed E-state index contributed by atoms with van der Waals surface area (Å²) in [5.41, 5.74) is -2.87. The fourth-order valence-corrected chi connectivity index (χ4v) is 1.49. The molecule has 1 heterocycles. The highest BCUT2D eigenvalue weighted by Gasteiger charge is 2.35. The standard InChI is InChI=1S/C8H5BrF5NO/c9-2-4-3(8(12,13)14)1-5(16)6(15-4)7(10)11/h1,7,16H,2H2. The van der Waals surface area contributed by atoms with Gasteiger partial charge in [0.15, 0.2) is 0 Å². The van der Waals surface area contributed by atoms with Gasteiger partial charge in [-0.25, -0.2) is 13.8 Å². The Balaban J connectivity index is 3.38. The van der Waals surface area contributed by atoms with Crippen molar-refractivity contribution in [1.82, 2.24) is 4.98 Å². The van der Waals surface area contributed by atoms with E-state index in [4.69, 9.17) is 5.11 Å². The maximum atomic E-state index is 12.4. The molecule has 90 valence electrons. The Bertz CT molecular complexity index is 393. The molecule has 0 bridgehead atoms. The molecule has 0 unspecified atom stereocenters. The Morgan fingerprint density at radius 1 is 1.38 bits per heavy atom. The lowest BCUT2D eigenvalue weighted by atomic mass is 10.1. The van der Waals surface area contributed by atoms with Crippen LogP contribution in [-0.2, 0) is 11.5 Å². The van der Waals surface area contributed by atoms with Crippen LogP contribution in [0.3, 0.4) is 0 Å². The highest BCUT2D eigenvalue weighted by molar-refractivity contribution is 9.08. The Morgan fingerprint density at radius 3 is 2.31 bits per heavy atom. The van der Waals surface area contributed by atoms with Gasteiger partial charge in [-0.15, -0.1) is 0 Å². The maximum absolute atomic E-state index is 12.4. The van der Waals surface area contributed by atoms with Crippen molar-refractivity contribution in [2.45, 2.75) is 17.9 Å². The predicted octanol–water partition coefficient (Wildman–Crippen LogP) is 3.64. The van der Waals surface area contributed by atoms with E-state index in [1.54, 1.807) is 0 Å². The van der Waals surface area contributed by atoms with E-state index in [1.165, 1.54) is 0 Å². The molecular formula is C8H5BrF5NO. The zero-order valence-corrected chi connectivity index (χ0v) is 9.11. The first-order chi connectivity index (χ1) is 7.27. The lowest BCUT2D eigenvalue weighted by Gasteiger charge is -2.13. The maximum Gasteiger partial charge on any atom is 0.418 e. The fraction of sp³-hybridized carbons (Fsp3) is 0.375. The van der Waals surface area contributed by atoms with E-state index in [9.17, 15) is 22.0 Å². The molecule has 1 N–H and O–H groups in total. The number of nitrogens with zero attached hydrogens (tertiary/aromatic N) is 1. The minimum absolute atomic E-state index is 0.255. The molecule has 1 rings (SSSR count). The molecule has 0 fully saturated rings. The zero-order chi connectivity index (χ0) is 12.5. The molecule has 0 amide bonds. The first kappa shape index (κ1) is 13.1. The highest BCUT2D eigenvalue weighted by Crippen LogP contribution is 2.37. The Kier molecular flexibility index (Phi) is 3.72. The van der Waals surface area contributed by atoms with Gasteiger partial charge in [-0.05, 0) is 6.07 Å². The molecular weight excluding hydrogens is 301 g/mol. The van der Waals surface area contributed by atoms with Gasteiger partial charge in [0, 0.05) is 5.33 Å². The number of alkyl halides is 6. The summed E-state index contributed by atoms with van der Waals surface area (Å²) < 4.78 is 61.7. The van der Waals surface area contributed by atoms with Crippen molar-refractivity contribution < 1.29 is 27.1 Å². The van der Waals surface area contributed by atoms with Gasteiger partial charge < -0.3 is 5.11 Å². The third kappa shape index (κ3) is 2.60. The van der Waals surface area contributed by atoms with Crippen LogP contribution in [0.4, 0.5) is 22.0 Å². The summed E-state index contributed by atoms with van der Waals surface area (Å²) in [4.78, 5) is 3.09. The molecule has 8 heteroatoms. The second-order valence-corrected chi connectivity index (χ2v) is 3.38. The second kappa shape index (κ2) is 4.52. The minimum atomic E-state index is -4.74. The van der Waals surface area contributed by atoms with Gasteiger partial charge >= 0.3 is 6.18 Å². The summed E-state index contributed by atoms with van der Waals surface area (Å²) in [5, 5.41) is 8.66. The van der Waals surface area contributed by atoms with Crippen LogP contribution in [0.2, 0.25) is 0 Å². The predicted molar refractivity (Wildman–Crippen MR) is 48.5 cm³/mol. The molecule has 0 saturated heterocycles. The average molecular weight is 306 g/mol. The van der Waals surface area contributed by atoms with Crippen LogP contribution in [0.1, 0.15) is 23.4 Å². The number of hydrogen-bond donors (Lipinski definition) is 1. The summed E-state index contributed by atoms with van der Waals surface area (Å²) in [6.07, 6.45) is -7.87. The van der Waals surface area contributed by atoms with Crippen LogP contribution >= 0.6 is 15.9 Å². The normalized spacial score (nSPS) is 12.2. The Hall–Kier alpha value is -0.920. The van der Waals surface area contributed by atoms with Gasteiger partial charge in [0.05, 0.1) is 11.3 Å². The van der Waals surface area contributed by atoms with E-state index >= 15 is 0 Å². The van der Waals surface area contributed by atoms with Crippen LogP contribution in [0.25, 0.3) is 0 Å². The molecule has 1 aromatic rings. The van der Waals surface area contributed by atoms with Gasteiger partial charge in [0.1, 0.15) is 11.4 Å². The van der Waals surface area contributed by atoms with Crippen molar-refractivity contribution in [1.29, 1.82) is 0 Å². The SMILES string of the molecule is Oc1cc(C(F)(F)F)c(CBr)nc1C(F)F. The van der Waals surface area contributed by atoms with E-state index in [0.717, 1.165) is 0 Å². The van der Waals surface area contributed by atoms with E-state index < -0.39 is 35.3 Å². The van der Waals surface area contributed by atoms with E-state index in [2.05, 4.69) is 20.9 Å². The Labute approximate surface area is 95.2 Å². The van der Waals surface area contributed by atoms with E-state index in [0.29, 0.717) is 0 Å². The molecule has 0 aromatic carbocycles. The van der Waals surface area contributed by atoms with Crippen LogP contribution in [-0.4, -0.2) is 10.1 Å². The number of aromatic hydroxyl groups is 1. The smallest absolute Gasteiger partial charge is 0.418 e. The van der Waals surface area contributed by atoms with Crippen LogP contribution < -0.4 is 0 Å². The largest absolute Gasteiger partial charge is 0.506 e. The van der Waals surface area contributed by atoms with Gasteiger partial charge in [0.25, 0.3) is 6.43 Å². The average Bonchev–Trinajstić information content (AvgIpc) is 2.15. The molecule has 1 aromatic heterocycles. The first-order valence-corrected chi connectivity index (χ1v) is 5.03. The molecule has 2 nitrogen and oxygen atoms in total. The number of aromatic nitrogens is 1. The Morgan fingerprint density at radius 2 is 1.94 bits per heavy atom. The van der Waals surface area contributed by atoms with Crippen LogP contribution in [0, 0.1) is 0 Å². The lowest BCUT2D eigenvalue weighted by Crippen LogP contribution is -2.11. The van der Waals surface area contributed by atoms with Crippen LogP contribution in [0.5, 0.6) is 5.75 Å². The van der Waals surface area contributed by atoms with Gasteiger partial charge in [0.2, 0.25) is 0 Å². The number of rotatable bonds is 2. The topological polar surface area (TPSA) is 33.1 Å². The van der Waals surface area contributed by atoms with Crippen molar-refractivity contribution in [2.75, 3.05) is 0 Å². The fourth-order valence-electron chi connectivity index (χ4n) is 1.06. The molecule has 0 aliphatic carbocycles. The molecule has 0 saturated carbocycles. The highest BCUT2D eigenvalue weighted by atomic mass is 79.9. The molecule has 0 spiro atoms. The quantitative estimate of drug-likeness (QED) is 0.668. The second-order valence-electron chi connectivity index (χ2n) is 2.82. The number of hydrogen-bond acceptors (Lipinski definition) is 2. The summed E-state index contributed by atoms with van der Waals surface area (Å²) >= 11 is 2.72. The first-order valence-electron chi connectivity index (χ1n) is 3.91. The summed E-state index contributed by atoms with van der Waals surface area (Å²) in [5.74, 6) is -1.16. The molecule has 0 radical (unpaired) electrons. The van der Waals surface area contributed by atoms with Gasteiger partial charge in [-0.2, -0.15) is 13.2 Å². The molecule has 16 heavy (non-hydrogen) atoms. The number of pyridine rings is 1. The van der Waals surface area contributed by atoms with Crippen molar-refractivity contribution in [3.8, 4) is 5.75 Å². The summed E-state index contributed by atoms with van der Waals surface area (Å²) in [7, 11) is 0. The van der Waals surface area contributed by atoms with Crippen molar-refractivity contribution in [3.63, 3.8) is 0 Å². The monoisotopic (exact) mass is 305 g/mol. The molecule has 0 atom stereocenters. The van der Waals surface area contributed by atoms with Crippen LogP contribution in [0.15, 0.2) is 6.07 Å². The summed E-state index contributed by atoms with van der Waals surface area (Å²) in [6.45, 7) is 0. The summed E-state index contributed by atoms with van der Waals surface area (Å²) in [6, 6.07) is 0.255. The molecule has 0 aliphatic heterocycles. The minimum Gasteiger partial charge on any atom is -0.506 e. The van der Waals surface area contributed by atoms with Crippen molar-refractivity contribution in [3.05, 3.63) is 23.0 Å². The van der Waals surface area contributed by atoms with Crippen molar-refractivity contribution >= 4 is 15.9 Å².